The van der Waals surface area contributed by atoms with Crippen LogP contribution in [0.4, 0.5) is 0 Å². The zero-order valence-corrected chi connectivity index (χ0v) is 15.8. The Bertz CT molecular complexity index is 1100. The number of ketones is 1. The summed E-state index contributed by atoms with van der Waals surface area (Å²) in [7, 11) is 0. The number of thioether (sulfide) groups is 1. The number of H-pyrrole nitrogens is 1. The van der Waals surface area contributed by atoms with E-state index in [1.807, 2.05) is 84.9 Å². The molecule has 0 saturated heterocycles. The van der Waals surface area contributed by atoms with E-state index in [1.54, 1.807) is 0 Å². The normalized spacial score (nSPS) is 11.7. The van der Waals surface area contributed by atoms with E-state index >= 15 is 0 Å². The highest BCUT2D eigenvalue weighted by molar-refractivity contribution is 8.04. The summed E-state index contributed by atoms with van der Waals surface area (Å²) < 4.78 is 0. The summed E-state index contributed by atoms with van der Waals surface area (Å²) in [6.07, 6.45) is 1.82. The first-order valence-corrected chi connectivity index (χ1v) is 9.59. The number of para-hydroxylation sites is 2. The van der Waals surface area contributed by atoms with Crippen LogP contribution >= 0.6 is 23.4 Å². The minimum Gasteiger partial charge on any atom is -0.333 e. The van der Waals surface area contributed by atoms with Gasteiger partial charge in [-0.15, -0.1) is 0 Å². The molecule has 1 N–H and O–H groups in total. The third kappa shape index (κ3) is 3.97. The minimum absolute atomic E-state index is 0.0685. The summed E-state index contributed by atoms with van der Waals surface area (Å²) in [5.41, 5.74) is 3.22. The third-order valence-electron chi connectivity index (χ3n) is 4.03. The molecule has 4 rings (SSSR count). The molecule has 0 aliphatic carbocycles. The molecule has 0 aliphatic rings. The first-order chi connectivity index (χ1) is 13.2. The summed E-state index contributed by atoms with van der Waals surface area (Å²) in [5.74, 6) is -0.0685. The van der Waals surface area contributed by atoms with Crippen LogP contribution in [0.15, 0.2) is 88.9 Å². The first kappa shape index (κ1) is 17.6. The summed E-state index contributed by atoms with van der Waals surface area (Å²) >= 11 is 7.60. The first-order valence-electron chi connectivity index (χ1n) is 8.39. The van der Waals surface area contributed by atoms with Crippen LogP contribution < -0.4 is 0 Å². The molecule has 0 unspecified atom stereocenters. The number of aromatic amines is 1. The van der Waals surface area contributed by atoms with Gasteiger partial charge in [-0.3, -0.25) is 4.79 Å². The number of allylic oxidation sites excluding steroid dienone is 1. The number of nitrogens with zero attached hydrogens (tertiary/aromatic N) is 1. The fourth-order valence-electron chi connectivity index (χ4n) is 2.69. The molecular weight excluding hydrogens is 376 g/mol. The molecule has 3 nitrogen and oxygen atoms in total. The minimum atomic E-state index is -0.0685. The molecule has 0 spiro atoms. The lowest BCUT2D eigenvalue weighted by Crippen LogP contribution is -2.01. The van der Waals surface area contributed by atoms with Crippen LogP contribution in [0, 0.1) is 0 Å². The van der Waals surface area contributed by atoms with Crippen molar-refractivity contribution in [3.63, 3.8) is 0 Å². The van der Waals surface area contributed by atoms with Crippen LogP contribution in [0.3, 0.4) is 0 Å². The molecule has 3 aromatic carbocycles. The molecule has 0 radical (unpaired) electrons. The lowest BCUT2D eigenvalue weighted by atomic mass is 10.1. The molecular formula is C22H15ClN2OS. The van der Waals surface area contributed by atoms with Crippen molar-refractivity contribution in [1.29, 1.82) is 0 Å². The van der Waals surface area contributed by atoms with E-state index in [0.717, 1.165) is 16.6 Å². The highest BCUT2D eigenvalue weighted by Gasteiger charge is 2.16. The number of hydrogen-bond donors (Lipinski definition) is 1. The zero-order chi connectivity index (χ0) is 18.6. The molecule has 5 heteroatoms. The Labute approximate surface area is 166 Å². The summed E-state index contributed by atoms with van der Waals surface area (Å²) in [6.45, 7) is 0. The molecule has 27 heavy (non-hydrogen) atoms. The van der Waals surface area contributed by atoms with Gasteiger partial charge in [-0.1, -0.05) is 72.3 Å². The lowest BCUT2D eigenvalue weighted by Gasteiger charge is -2.06. The van der Waals surface area contributed by atoms with E-state index in [0.29, 0.717) is 20.6 Å². The van der Waals surface area contributed by atoms with Crippen LogP contribution in [-0.4, -0.2) is 15.8 Å². The Morgan fingerprint density at radius 1 is 0.926 bits per heavy atom. The average molecular weight is 391 g/mol. The quantitative estimate of drug-likeness (QED) is 0.249. The Morgan fingerprint density at radius 2 is 1.63 bits per heavy atom. The van der Waals surface area contributed by atoms with Gasteiger partial charge in [-0.2, -0.15) is 0 Å². The largest absolute Gasteiger partial charge is 0.333 e. The summed E-state index contributed by atoms with van der Waals surface area (Å²) in [5, 5.41) is 1.26. The number of Topliss-reactive ketones (excluding diaryl/α,β-unsaturated/α-hetero) is 1. The predicted octanol–water partition coefficient (Wildman–Crippen LogP) is 6.23. The lowest BCUT2D eigenvalue weighted by molar-refractivity contribution is 0.104. The van der Waals surface area contributed by atoms with E-state index in [-0.39, 0.29) is 5.78 Å². The molecule has 0 bridgehead atoms. The molecule has 0 fully saturated rings. The maximum Gasteiger partial charge on any atom is 0.199 e. The zero-order valence-electron chi connectivity index (χ0n) is 14.2. The second kappa shape index (κ2) is 7.82. The van der Waals surface area contributed by atoms with Crippen molar-refractivity contribution in [2.75, 3.05) is 0 Å². The average Bonchev–Trinajstić information content (AvgIpc) is 3.11. The SMILES string of the molecule is O=C(/C(=C\c1ccccc1Cl)Sc1nc2ccccc2[nH]1)c1ccccc1. The molecule has 0 saturated carbocycles. The van der Waals surface area contributed by atoms with Gasteiger partial charge in [0.15, 0.2) is 10.9 Å². The number of halogens is 1. The highest BCUT2D eigenvalue weighted by atomic mass is 35.5. The number of nitrogens with one attached hydrogen (secondary N) is 1. The Balaban J connectivity index is 1.75. The van der Waals surface area contributed by atoms with Crippen molar-refractivity contribution in [1.82, 2.24) is 9.97 Å². The Morgan fingerprint density at radius 3 is 2.41 bits per heavy atom. The fraction of sp³-hybridized carbons (Fsp3) is 0. The maximum atomic E-state index is 13.1. The van der Waals surface area contributed by atoms with Crippen molar-refractivity contribution >= 4 is 46.3 Å². The number of imidazole rings is 1. The number of aromatic nitrogens is 2. The number of rotatable bonds is 5. The van der Waals surface area contributed by atoms with Gasteiger partial charge in [0.25, 0.3) is 0 Å². The molecule has 1 heterocycles. The Kier molecular flexibility index (Phi) is 5.10. The van der Waals surface area contributed by atoms with Crippen LogP contribution in [0.5, 0.6) is 0 Å². The monoisotopic (exact) mass is 390 g/mol. The smallest absolute Gasteiger partial charge is 0.199 e. The Hall–Kier alpha value is -2.82. The second-order valence-corrected chi connectivity index (χ2v) is 7.32. The van der Waals surface area contributed by atoms with Gasteiger partial charge in [0.1, 0.15) is 0 Å². The molecule has 132 valence electrons. The van der Waals surface area contributed by atoms with E-state index in [2.05, 4.69) is 9.97 Å². The molecule has 1 aromatic heterocycles. The van der Waals surface area contributed by atoms with Crippen LogP contribution in [0.25, 0.3) is 17.1 Å². The van der Waals surface area contributed by atoms with E-state index in [1.165, 1.54) is 11.8 Å². The van der Waals surface area contributed by atoms with Crippen molar-refractivity contribution in [3.8, 4) is 0 Å². The number of hydrogen-bond acceptors (Lipinski definition) is 3. The van der Waals surface area contributed by atoms with Gasteiger partial charge in [0.05, 0.1) is 15.9 Å². The van der Waals surface area contributed by atoms with Gasteiger partial charge in [0, 0.05) is 10.6 Å². The second-order valence-electron chi connectivity index (χ2n) is 5.89. The van der Waals surface area contributed by atoms with Crippen LogP contribution in [-0.2, 0) is 0 Å². The van der Waals surface area contributed by atoms with Gasteiger partial charge in [-0.25, -0.2) is 4.98 Å². The predicted molar refractivity (Wildman–Crippen MR) is 112 cm³/mol. The highest BCUT2D eigenvalue weighted by Crippen LogP contribution is 2.32. The molecule has 0 amide bonds. The van der Waals surface area contributed by atoms with Crippen molar-refractivity contribution in [2.45, 2.75) is 5.16 Å². The van der Waals surface area contributed by atoms with Gasteiger partial charge < -0.3 is 4.98 Å². The molecule has 4 aromatic rings. The summed E-state index contributed by atoms with van der Waals surface area (Å²) in [4.78, 5) is 21.5. The van der Waals surface area contributed by atoms with Crippen molar-refractivity contribution in [2.24, 2.45) is 0 Å². The van der Waals surface area contributed by atoms with Gasteiger partial charge in [-0.05, 0) is 41.6 Å². The van der Waals surface area contributed by atoms with Crippen LogP contribution in [0.1, 0.15) is 15.9 Å². The van der Waals surface area contributed by atoms with Crippen LogP contribution in [0.2, 0.25) is 5.02 Å². The topological polar surface area (TPSA) is 45.8 Å². The number of carbonyl (C=O) groups excluding carboxylic acids is 1. The van der Waals surface area contributed by atoms with Gasteiger partial charge in [0.2, 0.25) is 0 Å². The number of fused-ring (bicyclic) bond motifs is 1. The number of benzene rings is 3. The van der Waals surface area contributed by atoms with E-state index < -0.39 is 0 Å². The van der Waals surface area contributed by atoms with Crippen molar-refractivity contribution in [3.05, 3.63) is 99.9 Å². The molecule has 0 atom stereocenters. The maximum absolute atomic E-state index is 13.1. The molecule has 0 aliphatic heterocycles. The van der Waals surface area contributed by atoms with Gasteiger partial charge >= 0.3 is 0 Å². The van der Waals surface area contributed by atoms with E-state index in [4.69, 9.17) is 11.6 Å². The number of carbonyl (C=O) groups is 1. The summed E-state index contributed by atoms with van der Waals surface area (Å²) in [6, 6.07) is 24.5. The fourth-order valence-corrected chi connectivity index (χ4v) is 3.79. The third-order valence-corrected chi connectivity index (χ3v) is 5.28. The van der Waals surface area contributed by atoms with E-state index in [9.17, 15) is 4.79 Å². The van der Waals surface area contributed by atoms with Crippen molar-refractivity contribution < 1.29 is 4.79 Å². The standard InChI is InChI=1S/C22H15ClN2OS/c23-17-11-5-4-10-16(17)14-20(21(26)15-8-2-1-3-9-15)27-22-24-18-12-6-7-13-19(18)25-22/h1-14H,(H,24,25)/b20-14+.